The second-order valence-electron chi connectivity index (χ2n) is 4.31. The standard InChI is InChI=1S/C14H17N3O2/c1-16(11-7-5-4-6-8-11)10-13-12(14(18)19-3)9-15-17(13)2/h4-9H,10H2,1-3H3. The van der Waals surface area contributed by atoms with Gasteiger partial charge in [0.15, 0.2) is 0 Å². The van der Waals surface area contributed by atoms with E-state index >= 15 is 0 Å². The van der Waals surface area contributed by atoms with Gasteiger partial charge < -0.3 is 9.64 Å². The summed E-state index contributed by atoms with van der Waals surface area (Å²) in [5.74, 6) is -0.357. The molecular formula is C14H17N3O2. The zero-order valence-electron chi connectivity index (χ0n) is 11.3. The van der Waals surface area contributed by atoms with Crippen molar-refractivity contribution >= 4 is 11.7 Å². The van der Waals surface area contributed by atoms with Gasteiger partial charge in [0.05, 0.1) is 25.5 Å². The van der Waals surface area contributed by atoms with E-state index in [-0.39, 0.29) is 5.97 Å². The molecule has 1 aromatic heterocycles. The van der Waals surface area contributed by atoms with Gasteiger partial charge in [0, 0.05) is 19.8 Å². The fourth-order valence-corrected chi connectivity index (χ4v) is 1.93. The van der Waals surface area contributed by atoms with Crippen LogP contribution in [0.15, 0.2) is 36.5 Å². The highest BCUT2D eigenvalue weighted by molar-refractivity contribution is 5.90. The van der Waals surface area contributed by atoms with Gasteiger partial charge in [-0.2, -0.15) is 5.10 Å². The number of hydrogen-bond acceptors (Lipinski definition) is 4. The number of hydrogen-bond donors (Lipinski definition) is 0. The average Bonchev–Trinajstić information content (AvgIpc) is 2.80. The van der Waals surface area contributed by atoms with E-state index in [2.05, 4.69) is 10.00 Å². The van der Waals surface area contributed by atoms with Crippen LogP contribution in [0.2, 0.25) is 0 Å². The summed E-state index contributed by atoms with van der Waals surface area (Å²) >= 11 is 0. The van der Waals surface area contributed by atoms with Gasteiger partial charge in [0.2, 0.25) is 0 Å². The Labute approximate surface area is 112 Å². The van der Waals surface area contributed by atoms with Gasteiger partial charge in [0.1, 0.15) is 5.56 Å². The van der Waals surface area contributed by atoms with Crippen LogP contribution in [-0.4, -0.2) is 29.9 Å². The molecule has 0 saturated heterocycles. The van der Waals surface area contributed by atoms with E-state index in [0.717, 1.165) is 11.4 Å². The monoisotopic (exact) mass is 259 g/mol. The third kappa shape index (κ3) is 2.76. The number of ether oxygens (including phenoxy) is 1. The van der Waals surface area contributed by atoms with Crippen LogP contribution in [0.1, 0.15) is 16.1 Å². The molecule has 0 amide bonds. The van der Waals surface area contributed by atoms with E-state index < -0.39 is 0 Å². The fourth-order valence-electron chi connectivity index (χ4n) is 1.93. The SMILES string of the molecule is COC(=O)c1cnn(C)c1CN(C)c1ccccc1. The highest BCUT2D eigenvalue weighted by Gasteiger charge is 2.17. The molecule has 0 aliphatic rings. The molecular weight excluding hydrogens is 242 g/mol. The van der Waals surface area contributed by atoms with Crippen molar-refractivity contribution in [3.63, 3.8) is 0 Å². The van der Waals surface area contributed by atoms with Crippen molar-refractivity contribution < 1.29 is 9.53 Å². The van der Waals surface area contributed by atoms with Crippen LogP contribution in [-0.2, 0) is 18.3 Å². The first-order chi connectivity index (χ1) is 9.13. The van der Waals surface area contributed by atoms with Gasteiger partial charge in [0.25, 0.3) is 0 Å². The lowest BCUT2D eigenvalue weighted by Gasteiger charge is -2.19. The van der Waals surface area contributed by atoms with Crippen LogP contribution in [0.4, 0.5) is 5.69 Å². The summed E-state index contributed by atoms with van der Waals surface area (Å²) in [6, 6.07) is 9.98. The van der Waals surface area contributed by atoms with E-state index in [1.165, 1.54) is 7.11 Å². The van der Waals surface area contributed by atoms with Gasteiger partial charge in [-0.05, 0) is 12.1 Å². The number of aryl methyl sites for hydroxylation is 1. The predicted octanol–water partition coefficient (Wildman–Crippen LogP) is 1.84. The minimum Gasteiger partial charge on any atom is -0.465 e. The van der Waals surface area contributed by atoms with E-state index in [4.69, 9.17) is 4.74 Å². The molecule has 0 fully saturated rings. The largest absolute Gasteiger partial charge is 0.465 e. The van der Waals surface area contributed by atoms with Crippen LogP contribution >= 0.6 is 0 Å². The van der Waals surface area contributed by atoms with Gasteiger partial charge >= 0.3 is 5.97 Å². The zero-order chi connectivity index (χ0) is 13.8. The van der Waals surface area contributed by atoms with Crippen molar-refractivity contribution in [1.29, 1.82) is 0 Å². The first-order valence-electron chi connectivity index (χ1n) is 5.99. The lowest BCUT2D eigenvalue weighted by Crippen LogP contribution is -2.20. The number of anilines is 1. The Balaban J connectivity index is 2.24. The third-order valence-electron chi connectivity index (χ3n) is 3.05. The quantitative estimate of drug-likeness (QED) is 0.786. The molecule has 0 aliphatic heterocycles. The number of nitrogens with zero attached hydrogens (tertiary/aromatic N) is 3. The number of carbonyl (C=O) groups excluding carboxylic acids is 1. The van der Waals surface area contributed by atoms with E-state index in [9.17, 15) is 4.79 Å². The number of esters is 1. The second kappa shape index (κ2) is 5.56. The molecule has 0 radical (unpaired) electrons. The second-order valence-corrected chi connectivity index (χ2v) is 4.31. The lowest BCUT2D eigenvalue weighted by atomic mass is 10.2. The highest BCUT2D eigenvalue weighted by Crippen LogP contribution is 2.17. The van der Waals surface area contributed by atoms with Crippen molar-refractivity contribution in [1.82, 2.24) is 9.78 Å². The molecule has 0 aliphatic carbocycles. The maximum atomic E-state index is 11.7. The van der Waals surface area contributed by atoms with E-state index in [0.29, 0.717) is 12.1 Å². The Kier molecular flexibility index (Phi) is 3.85. The topological polar surface area (TPSA) is 47.4 Å². The molecule has 5 nitrogen and oxygen atoms in total. The first kappa shape index (κ1) is 13.1. The minimum absolute atomic E-state index is 0.357. The summed E-state index contributed by atoms with van der Waals surface area (Å²) in [4.78, 5) is 13.7. The molecule has 5 heteroatoms. The van der Waals surface area contributed by atoms with Crippen LogP contribution in [0.5, 0.6) is 0 Å². The van der Waals surface area contributed by atoms with E-state index in [1.807, 2.05) is 44.4 Å². The number of para-hydroxylation sites is 1. The Morgan fingerprint density at radius 2 is 2.05 bits per heavy atom. The maximum Gasteiger partial charge on any atom is 0.341 e. The summed E-state index contributed by atoms with van der Waals surface area (Å²) in [5, 5.41) is 4.12. The Morgan fingerprint density at radius 3 is 2.68 bits per heavy atom. The average molecular weight is 259 g/mol. The lowest BCUT2D eigenvalue weighted by molar-refractivity contribution is 0.0599. The maximum absolute atomic E-state index is 11.7. The molecule has 0 atom stereocenters. The molecule has 2 rings (SSSR count). The summed E-state index contributed by atoms with van der Waals surface area (Å²) < 4.78 is 6.47. The third-order valence-corrected chi connectivity index (χ3v) is 3.05. The fraction of sp³-hybridized carbons (Fsp3) is 0.286. The summed E-state index contributed by atoms with van der Waals surface area (Å²) in [7, 11) is 5.17. The highest BCUT2D eigenvalue weighted by atomic mass is 16.5. The van der Waals surface area contributed by atoms with Crippen molar-refractivity contribution in [2.45, 2.75) is 6.54 Å². The molecule has 0 spiro atoms. The molecule has 0 bridgehead atoms. The summed E-state index contributed by atoms with van der Waals surface area (Å²) in [6.07, 6.45) is 1.54. The molecule has 0 N–H and O–H groups in total. The van der Waals surface area contributed by atoms with Crippen molar-refractivity contribution in [3.8, 4) is 0 Å². The smallest absolute Gasteiger partial charge is 0.341 e. The Bertz CT molecular complexity index is 563. The number of methoxy groups -OCH3 is 1. The van der Waals surface area contributed by atoms with Crippen LogP contribution in [0.25, 0.3) is 0 Å². The normalized spacial score (nSPS) is 10.3. The van der Waals surface area contributed by atoms with Crippen LogP contribution < -0.4 is 4.90 Å². The predicted molar refractivity (Wildman–Crippen MR) is 73.1 cm³/mol. The number of aromatic nitrogens is 2. The summed E-state index contributed by atoms with van der Waals surface area (Å²) in [6.45, 7) is 0.588. The van der Waals surface area contributed by atoms with Gasteiger partial charge in [-0.1, -0.05) is 18.2 Å². The number of rotatable bonds is 4. The van der Waals surface area contributed by atoms with Crippen LogP contribution in [0, 0.1) is 0 Å². The Hall–Kier alpha value is -2.30. The van der Waals surface area contributed by atoms with Crippen molar-refractivity contribution in [2.75, 3.05) is 19.1 Å². The van der Waals surface area contributed by atoms with Gasteiger partial charge in [-0.25, -0.2) is 4.79 Å². The van der Waals surface area contributed by atoms with Gasteiger partial charge in [-0.3, -0.25) is 4.68 Å². The molecule has 100 valence electrons. The number of benzene rings is 1. The molecule has 0 saturated carbocycles. The first-order valence-corrected chi connectivity index (χ1v) is 5.99. The minimum atomic E-state index is -0.357. The molecule has 0 unspecified atom stereocenters. The van der Waals surface area contributed by atoms with E-state index in [1.54, 1.807) is 10.9 Å². The van der Waals surface area contributed by atoms with Gasteiger partial charge in [-0.15, -0.1) is 0 Å². The Morgan fingerprint density at radius 1 is 1.37 bits per heavy atom. The number of carbonyl (C=O) groups is 1. The molecule has 1 heterocycles. The van der Waals surface area contributed by atoms with Crippen molar-refractivity contribution in [2.24, 2.45) is 7.05 Å². The van der Waals surface area contributed by atoms with Crippen LogP contribution in [0.3, 0.4) is 0 Å². The molecule has 2 aromatic rings. The molecule has 19 heavy (non-hydrogen) atoms. The van der Waals surface area contributed by atoms with Crippen molar-refractivity contribution in [3.05, 3.63) is 47.8 Å². The summed E-state index contributed by atoms with van der Waals surface area (Å²) in [5.41, 5.74) is 2.42. The zero-order valence-corrected chi connectivity index (χ0v) is 11.3. The molecule has 1 aromatic carbocycles.